The van der Waals surface area contributed by atoms with Crippen LogP contribution in [0.2, 0.25) is 0 Å². The van der Waals surface area contributed by atoms with Crippen molar-refractivity contribution in [2.75, 3.05) is 13.2 Å². The summed E-state index contributed by atoms with van der Waals surface area (Å²) in [6.45, 7) is 6.77. The molecule has 20 heavy (non-hydrogen) atoms. The highest BCUT2D eigenvalue weighted by Crippen LogP contribution is 2.30. The Morgan fingerprint density at radius 2 is 2.20 bits per heavy atom. The number of benzene rings is 1. The summed E-state index contributed by atoms with van der Waals surface area (Å²) >= 11 is 0. The lowest BCUT2D eigenvalue weighted by Crippen LogP contribution is -2.26. The fourth-order valence-corrected chi connectivity index (χ4v) is 2.38. The highest BCUT2D eigenvalue weighted by atomic mass is 16.6. The molecule has 110 valence electrons. The van der Waals surface area contributed by atoms with Crippen molar-refractivity contribution in [2.45, 2.75) is 45.1 Å². The molecule has 0 amide bonds. The van der Waals surface area contributed by atoms with E-state index in [0.29, 0.717) is 13.0 Å². The molecule has 1 aliphatic heterocycles. The summed E-state index contributed by atoms with van der Waals surface area (Å²) in [5, 5.41) is 0. The summed E-state index contributed by atoms with van der Waals surface area (Å²) in [5.74, 6) is 0.738. The van der Waals surface area contributed by atoms with E-state index in [2.05, 4.69) is 6.07 Å². The molecule has 1 aliphatic rings. The van der Waals surface area contributed by atoms with Crippen LogP contribution in [0.15, 0.2) is 18.2 Å². The number of ether oxygens (including phenoxy) is 2. The van der Waals surface area contributed by atoms with Crippen LogP contribution in [0.4, 0.5) is 0 Å². The van der Waals surface area contributed by atoms with Crippen LogP contribution >= 0.6 is 0 Å². The van der Waals surface area contributed by atoms with Crippen molar-refractivity contribution in [3.8, 4) is 5.75 Å². The third-order valence-corrected chi connectivity index (χ3v) is 3.30. The van der Waals surface area contributed by atoms with Gasteiger partial charge in [-0.25, -0.2) is 0 Å². The number of hydrogen-bond donors (Lipinski definition) is 1. The molecule has 0 bridgehead atoms. The second kappa shape index (κ2) is 5.83. The molecule has 0 radical (unpaired) electrons. The van der Waals surface area contributed by atoms with Gasteiger partial charge >= 0.3 is 5.97 Å². The molecule has 0 aromatic heterocycles. The van der Waals surface area contributed by atoms with Gasteiger partial charge in [0, 0.05) is 12.3 Å². The summed E-state index contributed by atoms with van der Waals surface area (Å²) < 4.78 is 10.9. The van der Waals surface area contributed by atoms with Crippen molar-refractivity contribution < 1.29 is 14.3 Å². The van der Waals surface area contributed by atoms with Crippen LogP contribution in [0.25, 0.3) is 0 Å². The molecule has 2 rings (SSSR count). The molecule has 0 saturated carbocycles. The highest BCUT2D eigenvalue weighted by Gasteiger charge is 2.22. The average molecular weight is 277 g/mol. The maximum Gasteiger partial charge on any atom is 0.306 e. The van der Waals surface area contributed by atoms with Crippen LogP contribution in [0.3, 0.4) is 0 Å². The Morgan fingerprint density at radius 3 is 2.85 bits per heavy atom. The van der Waals surface area contributed by atoms with Crippen LogP contribution in [0.1, 0.15) is 44.2 Å². The molecule has 0 fully saturated rings. The topological polar surface area (TPSA) is 61.5 Å². The second-order valence-corrected chi connectivity index (χ2v) is 6.19. The fourth-order valence-electron chi connectivity index (χ4n) is 2.38. The van der Waals surface area contributed by atoms with Crippen LogP contribution in [-0.2, 0) is 16.0 Å². The molecule has 0 saturated heterocycles. The molecule has 1 heterocycles. The van der Waals surface area contributed by atoms with Crippen molar-refractivity contribution >= 4 is 5.97 Å². The quantitative estimate of drug-likeness (QED) is 0.858. The molecular formula is C16H23NO3. The minimum atomic E-state index is -0.456. The van der Waals surface area contributed by atoms with E-state index in [1.165, 1.54) is 5.56 Å². The molecule has 0 aliphatic carbocycles. The van der Waals surface area contributed by atoms with E-state index < -0.39 is 5.60 Å². The van der Waals surface area contributed by atoms with E-state index in [1.54, 1.807) is 0 Å². The molecule has 1 atom stereocenters. The SMILES string of the molecule is CC(C)(C)OC(=O)CC(CN)c1ccc2c(c1)CCO2. The van der Waals surface area contributed by atoms with Crippen molar-refractivity contribution in [3.05, 3.63) is 29.3 Å². The molecule has 0 spiro atoms. The van der Waals surface area contributed by atoms with Gasteiger partial charge in [-0.2, -0.15) is 0 Å². The van der Waals surface area contributed by atoms with E-state index in [0.717, 1.165) is 24.3 Å². The van der Waals surface area contributed by atoms with E-state index >= 15 is 0 Å². The van der Waals surface area contributed by atoms with Crippen LogP contribution < -0.4 is 10.5 Å². The first kappa shape index (κ1) is 14.9. The van der Waals surface area contributed by atoms with Gasteiger partial charge in [-0.05, 0) is 44.5 Å². The minimum Gasteiger partial charge on any atom is -0.493 e. The van der Waals surface area contributed by atoms with Gasteiger partial charge in [-0.15, -0.1) is 0 Å². The van der Waals surface area contributed by atoms with Gasteiger partial charge < -0.3 is 15.2 Å². The Bertz CT molecular complexity index is 491. The first-order chi connectivity index (χ1) is 9.39. The summed E-state index contributed by atoms with van der Waals surface area (Å²) in [6.07, 6.45) is 1.24. The highest BCUT2D eigenvalue weighted by molar-refractivity contribution is 5.71. The Hall–Kier alpha value is -1.55. The normalized spacial score (nSPS) is 15.4. The smallest absolute Gasteiger partial charge is 0.306 e. The van der Waals surface area contributed by atoms with E-state index in [1.807, 2.05) is 32.9 Å². The Balaban J connectivity index is 2.06. The van der Waals surface area contributed by atoms with Crippen molar-refractivity contribution in [3.63, 3.8) is 0 Å². The van der Waals surface area contributed by atoms with Crippen molar-refractivity contribution in [1.82, 2.24) is 0 Å². The van der Waals surface area contributed by atoms with E-state index in [4.69, 9.17) is 15.2 Å². The Kier molecular flexibility index (Phi) is 4.33. The number of esters is 1. The van der Waals surface area contributed by atoms with Crippen molar-refractivity contribution in [2.24, 2.45) is 5.73 Å². The minimum absolute atomic E-state index is 0.00394. The monoisotopic (exact) mass is 277 g/mol. The first-order valence-corrected chi connectivity index (χ1v) is 7.06. The lowest BCUT2D eigenvalue weighted by molar-refractivity contribution is -0.155. The van der Waals surface area contributed by atoms with Gasteiger partial charge in [0.15, 0.2) is 0 Å². The lowest BCUT2D eigenvalue weighted by atomic mass is 9.93. The third-order valence-electron chi connectivity index (χ3n) is 3.30. The molecule has 1 aromatic carbocycles. The summed E-state index contributed by atoms with van der Waals surface area (Å²) in [6, 6.07) is 6.06. The molecule has 4 heteroatoms. The molecule has 1 aromatic rings. The molecule has 2 N–H and O–H groups in total. The zero-order valence-electron chi connectivity index (χ0n) is 12.4. The second-order valence-electron chi connectivity index (χ2n) is 6.19. The van der Waals surface area contributed by atoms with E-state index in [-0.39, 0.29) is 11.9 Å². The standard InChI is InChI=1S/C16H23NO3/c1-16(2,3)20-15(18)9-13(10-17)11-4-5-14-12(8-11)6-7-19-14/h4-5,8,13H,6-7,9-10,17H2,1-3H3. The third kappa shape index (κ3) is 3.73. The summed E-state index contributed by atoms with van der Waals surface area (Å²) in [7, 11) is 0. The first-order valence-electron chi connectivity index (χ1n) is 7.06. The summed E-state index contributed by atoms with van der Waals surface area (Å²) in [5.41, 5.74) is 7.65. The lowest BCUT2D eigenvalue weighted by Gasteiger charge is -2.22. The predicted octanol–water partition coefficient (Wildman–Crippen LogP) is 2.40. The van der Waals surface area contributed by atoms with Crippen LogP contribution in [0.5, 0.6) is 5.75 Å². The maximum absolute atomic E-state index is 11.9. The van der Waals surface area contributed by atoms with Gasteiger partial charge in [-0.1, -0.05) is 12.1 Å². The molecule has 4 nitrogen and oxygen atoms in total. The van der Waals surface area contributed by atoms with E-state index in [9.17, 15) is 4.79 Å². The Labute approximate surface area is 120 Å². The van der Waals surface area contributed by atoms with Crippen molar-refractivity contribution in [1.29, 1.82) is 0 Å². The van der Waals surface area contributed by atoms with Crippen LogP contribution in [0, 0.1) is 0 Å². The number of hydrogen-bond acceptors (Lipinski definition) is 4. The average Bonchev–Trinajstić information content (AvgIpc) is 2.80. The zero-order valence-corrected chi connectivity index (χ0v) is 12.4. The van der Waals surface area contributed by atoms with Crippen LogP contribution in [-0.4, -0.2) is 24.7 Å². The number of nitrogens with two attached hydrogens (primary N) is 1. The van der Waals surface area contributed by atoms with Gasteiger partial charge in [0.25, 0.3) is 0 Å². The van der Waals surface area contributed by atoms with Gasteiger partial charge in [0.2, 0.25) is 0 Å². The number of carbonyl (C=O) groups excluding carboxylic acids is 1. The number of carbonyl (C=O) groups is 1. The van der Waals surface area contributed by atoms with Gasteiger partial charge in [0.1, 0.15) is 11.4 Å². The molecule has 1 unspecified atom stereocenters. The largest absolute Gasteiger partial charge is 0.493 e. The maximum atomic E-state index is 11.9. The Morgan fingerprint density at radius 1 is 1.45 bits per heavy atom. The van der Waals surface area contributed by atoms with Gasteiger partial charge in [0.05, 0.1) is 13.0 Å². The number of fused-ring (bicyclic) bond motifs is 1. The summed E-state index contributed by atoms with van der Waals surface area (Å²) in [4.78, 5) is 11.9. The predicted molar refractivity (Wildman–Crippen MR) is 77.9 cm³/mol. The molecular weight excluding hydrogens is 254 g/mol. The van der Waals surface area contributed by atoms with Gasteiger partial charge in [-0.3, -0.25) is 4.79 Å². The zero-order chi connectivity index (χ0) is 14.8. The fraction of sp³-hybridized carbons (Fsp3) is 0.562. The number of rotatable bonds is 4.